The number of carboxylic acids is 1. The summed E-state index contributed by atoms with van der Waals surface area (Å²) in [5.74, 6) is -1.95. The molecule has 2 heterocycles. The maximum Gasteiger partial charge on any atom is 0.310 e. The van der Waals surface area contributed by atoms with Gasteiger partial charge in [-0.15, -0.1) is 0 Å². The van der Waals surface area contributed by atoms with Gasteiger partial charge in [0.15, 0.2) is 0 Å². The van der Waals surface area contributed by atoms with Crippen molar-refractivity contribution in [3.05, 3.63) is 5.69 Å². The Hall–Kier alpha value is -2.12. The summed E-state index contributed by atoms with van der Waals surface area (Å²) in [7, 11) is 0. The zero-order valence-corrected chi connectivity index (χ0v) is 7.58. The molecule has 2 rings (SSSR count). The average molecular weight is 212 g/mol. The normalized spacial score (nSPS) is 16.1. The number of carbonyl (C=O) groups is 2. The van der Waals surface area contributed by atoms with Gasteiger partial charge in [0.05, 0.1) is 5.92 Å². The molecule has 1 aromatic heterocycles. The first-order chi connectivity index (χ1) is 7.09. The Kier molecular flexibility index (Phi) is 2.03. The molecule has 0 unspecified atom stereocenters. The first-order valence-electron chi connectivity index (χ1n) is 4.19. The van der Waals surface area contributed by atoms with E-state index in [9.17, 15) is 9.59 Å². The molecular formula is C7H8N4O4. The number of nitrogen functional groups attached to an aromatic ring is 1. The lowest BCUT2D eigenvalue weighted by molar-refractivity contribution is -0.146. The van der Waals surface area contributed by atoms with Gasteiger partial charge in [0.1, 0.15) is 0 Å². The molecule has 15 heavy (non-hydrogen) atoms. The predicted molar refractivity (Wildman–Crippen MR) is 45.7 cm³/mol. The Balaban J connectivity index is 2.01. The molecule has 1 saturated heterocycles. The molecule has 0 spiro atoms. The fraction of sp³-hybridized carbons (Fsp3) is 0.429. The number of nitrogens with two attached hydrogens (primary N) is 1. The van der Waals surface area contributed by atoms with E-state index >= 15 is 0 Å². The number of aromatic nitrogens is 2. The van der Waals surface area contributed by atoms with Crippen LogP contribution >= 0.6 is 0 Å². The van der Waals surface area contributed by atoms with Crippen molar-refractivity contribution < 1.29 is 19.3 Å². The fourth-order valence-corrected chi connectivity index (χ4v) is 1.29. The van der Waals surface area contributed by atoms with Crippen molar-refractivity contribution in [3.8, 4) is 0 Å². The minimum Gasteiger partial charge on any atom is -0.481 e. The minimum atomic E-state index is -0.912. The first kappa shape index (κ1) is 9.44. The summed E-state index contributed by atoms with van der Waals surface area (Å²) >= 11 is 0. The molecule has 1 amide bonds. The summed E-state index contributed by atoms with van der Waals surface area (Å²) in [6, 6.07) is 0. The van der Waals surface area contributed by atoms with Crippen LogP contribution in [0.25, 0.3) is 0 Å². The fourth-order valence-electron chi connectivity index (χ4n) is 1.29. The van der Waals surface area contributed by atoms with Crippen molar-refractivity contribution in [2.75, 3.05) is 18.8 Å². The van der Waals surface area contributed by atoms with Gasteiger partial charge in [-0.05, 0) is 10.3 Å². The number of anilines is 1. The zero-order valence-electron chi connectivity index (χ0n) is 7.58. The van der Waals surface area contributed by atoms with E-state index in [1.807, 2.05) is 0 Å². The van der Waals surface area contributed by atoms with Crippen molar-refractivity contribution in [1.29, 1.82) is 0 Å². The highest BCUT2D eigenvalue weighted by Gasteiger charge is 2.37. The number of nitrogens with zero attached hydrogens (tertiary/aromatic N) is 3. The minimum absolute atomic E-state index is 0.0705. The lowest BCUT2D eigenvalue weighted by Gasteiger charge is -2.35. The summed E-state index contributed by atoms with van der Waals surface area (Å²) < 4.78 is 4.27. The number of carbonyl (C=O) groups excluding carboxylic acids is 1. The number of hydrogen-bond donors (Lipinski definition) is 2. The van der Waals surface area contributed by atoms with Crippen LogP contribution in [0.5, 0.6) is 0 Å². The Bertz CT molecular complexity index is 409. The molecule has 8 nitrogen and oxygen atoms in total. The maximum absolute atomic E-state index is 11.6. The van der Waals surface area contributed by atoms with E-state index in [2.05, 4.69) is 14.9 Å². The number of likely N-dealkylation sites (tertiary alicyclic amines) is 1. The van der Waals surface area contributed by atoms with Crippen LogP contribution in [0, 0.1) is 5.92 Å². The van der Waals surface area contributed by atoms with Gasteiger partial charge in [0.25, 0.3) is 5.91 Å². The monoisotopic (exact) mass is 212 g/mol. The van der Waals surface area contributed by atoms with Crippen molar-refractivity contribution in [3.63, 3.8) is 0 Å². The van der Waals surface area contributed by atoms with Crippen LogP contribution < -0.4 is 5.73 Å². The van der Waals surface area contributed by atoms with E-state index in [1.54, 1.807) is 0 Å². The van der Waals surface area contributed by atoms with Gasteiger partial charge >= 0.3 is 5.97 Å². The van der Waals surface area contributed by atoms with Crippen LogP contribution in [0.15, 0.2) is 4.63 Å². The molecule has 1 fully saturated rings. The smallest absolute Gasteiger partial charge is 0.310 e. The number of carboxylic acid groups (broad SMARTS) is 1. The van der Waals surface area contributed by atoms with Crippen LogP contribution in [-0.2, 0) is 4.79 Å². The first-order valence-corrected chi connectivity index (χ1v) is 4.19. The van der Waals surface area contributed by atoms with E-state index in [1.165, 1.54) is 4.90 Å². The summed E-state index contributed by atoms with van der Waals surface area (Å²) in [5.41, 5.74) is 5.25. The second kappa shape index (κ2) is 3.23. The highest BCUT2D eigenvalue weighted by atomic mass is 16.6. The summed E-state index contributed by atoms with van der Waals surface area (Å²) in [6.45, 7) is 0.334. The Morgan fingerprint density at radius 1 is 1.47 bits per heavy atom. The summed E-state index contributed by atoms with van der Waals surface area (Å²) in [6.07, 6.45) is 0. The Morgan fingerprint density at radius 2 is 2.13 bits per heavy atom. The molecular weight excluding hydrogens is 204 g/mol. The van der Waals surface area contributed by atoms with Gasteiger partial charge in [-0.25, -0.2) is 4.63 Å². The molecule has 0 saturated carbocycles. The van der Waals surface area contributed by atoms with E-state index in [-0.39, 0.29) is 24.6 Å². The van der Waals surface area contributed by atoms with Crippen LogP contribution in [0.3, 0.4) is 0 Å². The van der Waals surface area contributed by atoms with E-state index in [0.29, 0.717) is 0 Å². The lowest BCUT2D eigenvalue weighted by Crippen LogP contribution is -2.53. The van der Waals surface area contributed by atoms with Gasteiger partial charge in [0, 0.05) is 13.1 Å². The van der Waals surface area contributed by atoms with E-state index in [4.69, 9.17) is 10.8 Å². The van der Waals surface area contributed by atoms with E-state index in [0.717, 1.165) is 0 Å². The van der Waals surface area contributed by atoms with Crippen LogP contribution in [0.2, 0.25) is 0 Å². The largest absolute Gasteiger partial charge is 0.481 e. The molecule has 0 bridgehead atoms. The third-order valence-corrected chi connectivity index (χ3v) is 2.23. The Morgan fingerprint density at radius 3 is 2.60 bits per heavy atom. The predicted octanol–water partition coefficient (Wildman–Crippen LogP) is -1.19. The van der Waals surface area contributed by atoms with Gasteiger partial charge < -0.3 is 15.7 Å². The highest BCUT2D eigenvalue weighted by Crippen LogP contribution is 2.19. The van der Waals surface area contributed by atoms with Crippen molar-refractivity contribution >= 4 is 17.7 Å². The number of hydrogen-bond acceptors (Lipinski definition) is 6. The molecule has 1 aliphatic heterocycles. The topological polar surface area (TPSA) is 123 Å². The third-order valence-electron chi connectivity index (χ3n) is 2.23. The SMILES string of the molecule is Nc1nonc1C(=O)N1CC(C(=O)O)C1. The van der Waals surface area contributed by atoms with Crippen LogP contribution in [0.4, 0.5) is 5.82 Å². The molecule has 3 N–H and O–H groups in total. The molecule has 1 aromatic rings. The van der Waals surface area contributed by atoms with Crippen molar-refractivity contribution in [1.82, 2.24) is 15.2 Å². The van der Waals surface area contributed by atoms with Crippen LogP contribution in [0.1, 0.15) is 10.5 Å². The van der Waals surface area contributed by atoms with Crippen molar-refractivity contribution in [2.45, 2.75) is 0 Å². The molecule has 0 atom stereocenters. The number of amides is 1. The van der Waals surface area contributed by atoms with Gasteiger partial charge in [-0.2, -0.15) is 0 Å². The Labute approximate surface area is 83.6 Å². The second-order valence-electron chi connectivity index (χ2n) is 3.24. The van der Waals surface area contributed by atoms with Gasteiger partial charge in [-0.1, -0.05) is 0 Å². The van der Waals surface area contributed by atoms with Crippen LogP contribution in [-0.4, -0.2) is 45.3 Å². The molecule has 1 aliphatic rings. The average Bonchev–Trinajstić information content (AvgIpc) is 2.47. The standard InChI is InChI=1S/C7H8N4O4/c8-5-4(9-15-10-5)6(12)11-1-3(2-11)7(13)14/h3H,1-2H2,(H2,8,10)(H,13,14). The van der Waals surface area contributed by atoms with E-state index < -0.39 is 17.8 Å². The second-order valence-corrected chi connectivity index (χ2v) is 3.24. The summed E-state index contributed by atoms with van der Waals surface area (Å²) in [5, 5.41) is 15.2. The summed E-state index contributed by atoms with van der Waals surface area (Å²) in [4.78, 5) is 23.4. The third kappa shape index (κ3) is 1.49. The molecule has 0 radical (unpaired) electrons. The molecule has 8 heteroatoms. The van der Waals surface area contributed by atoms with Gasteiger partial charge in [-0.3, -0.25) is 9.59 Å². The lowest BCUT2D eigenvalue weighted by atomic mass is 10.0. The number of aliphatic carboxylic acids is 1. The molecule has 0 aromatic carbocycles. The quantitative estimate of drug-likeness (QED) is 0.631. The number of rotatable bonds is 2. The van der Waals surface area contributed by atoms with Gasteiger partial charge in [0.2, 0.25) is 11.5 Å². The maximum atomic E-state index is 11.6. The molecule has 80 valence electrons. The molecule has 0 aliphatic carbocycles. The highest BCUT2D eigenvalue weighted by molar-refractivity contribution is 5.97. The zero-order chi connectivity index (χ0) is 11.0. The van der Waals surface area contributed by atoms with Crippen molar-refractivity contribution in [2.24, 2.45) is 5.92 Å².